The molecule has 0 saturated carbocycles. The molecule has 4 nitrogen and oxygen atoms in total. The number of carbonyl (C=O) groups is 1. The van der Waals surface area contributed by atoms with Crippen molar-refractivity contribution < 1.29 is 9.90 Å². The van der Waals surface area contributed by atoms with Gasteiger partial charge >= 0.3 is 5.97 Å². The van der Waals surface area contributed by atoms with E-state index >= 15 is 0 Å². The molecule has 3 aromatic carbocycles. The Morgan fingerprint density at radius 3 is 2.14 bits per heavy atom. The Kier molecular flexibility index (Phi) is 5.03. The minimum Gasteiger partial charge on any atom is -0.478 e. The summed E-state index contributed by atoms with van der Waals surface area (Å²) in [6.45, 7) is 0. The zero-order chi connectivity index (χ0) is 19.7. The topological polar surface area (TPSA) is 55.1 Å². The third-order valence-corrected chi connectivity index (χ3v) is 5.12. The molecule has 0 spiro atoms. The summed E-state index contributed by atoms with van der Waals surface area (Å²) in [5.74, 6) is -1.04. The predicted molar refractivity (Wildman–Crippen MR) is 114 cm³/mol. The lowest BCUT2D eigenvalue weighted by atomic mass is 10.0. The van der Waals surface area contributed by atoms with Crippen LogP contribution in [-0.4, -0.2) is 20.9 Å². The van der Waals surface area contributed by atoms with Crippen molar-refractivity contribution in [3.8, 4) is 28.2 Å². The van der Waals surface area contributed by atoms with Gasteiger partial charge in [0.2, 0.25) is 0 Å². The largest absolute Gasteiger partial charge is 0.478 e. The second kappa shape index (κ2) is 7.62. The monoisotopic (exact) mass is 452 g/mol. The molecule has 0 amide bonds. The smallest absolute Gasteiger partial charge is 0.340 e. The molecular weight excluding hydrogens is 440 g/mol. The molecule has 0 radical (unpaired) electrons. The molecule has 4 rings (SSSR count). The maximum absolute atomic E-state index is 12.3. The molecular formula is C22H14BrClN2O2. The van der Waals surface area contributed by atoms with Gasteiger partial charge in [0.25, 0.3) is 0 Å². The predicted octanol–water partition coefficient (Wildman–Crippen LogP) is 6.32. The Labute approximate surface area is 175 Å². The molecule has 1 heterocycles. The summed E-state index contributed by atoms with van der Waals surface area (Å²) in [7, 11) is 0. The van der Waals surface area contributed by atoms with Crippen LogP contribution in [0.15, 0.2) is 83.3 Å². The lowest BCUT2D eigenvalue weighted by molar-refractivity contribution is 0.0698. The quantitative estimate of drug-likeness (QED) is 0.393. The summed E-state index contributed by atoms with van der Waals surface area (Å²) in [6.07, 6.45) is 0. The van der Waals surface area contributed by atoms with Crippen LogP contribution in [0.5, 0.6) is 0 Å². The Balaban J connectivity index is 2.04. The minimum atomic E-state index is -1.04. The number of hydrogen-bond acceptors (Lipinski definition) is 2. The van der Waals surface area contributed by atoms with Crippen LogP contribution in [0.1, 0.15) is 10.4 Å². The van der Waals surface area contributed by atoms with Gasteiger partial charge in [-0.3, -0.25) is 0 Å². The lowest BCUT2D eigenvalue weighted by Crippen LogP contribution is -2.03. The van der Waals surface area contributed by atoms with E-state index < -0.39 is 5.97 Å². The molecule has 4 aromatic rings. The second-order valence-corrected chi connectivity index (χ2v) is 7.49. The molecule has 0 aliphatic rings. The zero-order valence-corrected chi connectivity index (χ0v) is 16.9. The van der Waals surface area contributed by atoms with Gasteiger partial charge in [0.1, 0.15) is 11.3 Å². The molecule has 0 bridgehead atoms. The van der Waals surface area contributed by atoms with Crippen LogP contribution in [0, 0.1) is 0 Å². The highest BCUT2D eigenvalue weighted by Crippen LogP contribution is 2.35. The molecule has 1 N–H and O–H groups in total. The van der Waals surface area contributed by atoms with Gasteiger partial charge in [-0.05, 0) is 36.4 Å². The summed E-state index contributed by atoms with van der Waals surface area (Å²) in [6, 6.07) is 24.0. The number of halogens is 2. The maximum atomic E-state index is 12.3. The van der Waals surface area contributed by atoms with Crippen LogP contribution in [-0.2, 0) is 0 Å². The molecule has 0 unspecified atom stereocenters. The normalized spacial score (nSPS) is 10.8. The van der Waals surface area contributed by atoms with E-state index in [9.17, 15) is 9.90 Å². The van der Waals surface area contributed by atoms with Crippen LogP contribution in [0.25, 0.3) is 28.2 Å². The number of carboxylic acid groups (broad SMARTS) is 1. The fraction of sp³-hybridized carbons (Fsp3) is 0. The highest BCUT2D eigenvalue weighted by atomic mass is 79.9. The first kappa shape index (κ1) is 18.5. The van der Waals surface area contributed by atoms with Gasteiger partial charge in [-0.1, -0.05) is 70.0 Å². The van der Waals surface area contributed by atoms with E-state index in [1.165, 1.54) is 0 Å². The van der Waals surface area contributed by atoms with Crippen molar-refractivity contribution in [2.75, 3.05) is 0 Å². The molecule has 138 valence electrons. The van der Waals surface area contributed by atoms with Crippen molar-refractivity contribution in [3.63, 3.8) is 0 Å². The van der Waals surface area contributed by atoms with Gasteiger partial charge in [0.05, 0.1) is 11.4 Å². The standard InChI is InChI=1S/C22H14BrClN2O2/c23-16-8-12-18(13-9-16)26-21(15-4-2-1-3-5-15)19(22(27)28)20(25-26)14-6-10-17(24)11-7-14/h1-13H,(H,27,28). The second-order valence-electron chi connectivity index (χ2n) is 6.14. The fourth-order valence-corrected chi connectivity index (χ4v) is 3.45. The summed E-state index contributed by atoms with van der Waals surface area (Å²) < 4.78 is 2.61. The molecule has 0 saturated heterocycles. The molecule has 0 fully saturated rings. The molecule has 0 aliphatic carbocycles. The van der Waals surface area contributed by atoms with Crippen LogP contribution < -0.4 is 0 Å². The van der Waals surface area contributed by atoms with Gasteiger partial charge in [-0.2, -0.15) is 5.10 Å². The molecule has 1 aromatic heterocycles. The molecule has 6 heteroatoms. The Morgan fingerprint density at radius 1 is 0.893 bits per heavy atom. The molecule has 0 atom stereocenters. The number of benzene rings is 3. The van der Waals surface area contributed by atoms with Gasteiger partial charge in [0, 0.05) is 20.6 Å². The summed E-state index contributed by atoms with van der Waals surface area (Å²) >= 11 is 9.43. The van der Waals surface area contributed by atoms with E-state index in [-0.39, 0.29) is 5.56 Å². The first-order valence-corrected chi connectivity index (χ1v) is 9.65. The van der Waals surface area contributed by atoms with Crippen LogP contribution in [0.2, 0.25) is 5.02 Å². The van der Waals surface area contributed by atoms with Crippen LogP contribution >= 0.6 is 27.5 Å². The molecule has 0 aliphatic heterocycles. The van der Waals surface area contributed by atoms with Gasteiger partial charge in [-0.15, -0.1) is 0 Å². The maximum Gasteiger partial charge on any atom is 0.340 e. The Bertz CT molecular complexity index is 1140. The number of aromatic nitrogens is 2. The van der Waals surface area contributed by atoms with Crippen molar-refractivity contribution in [1.29, 1.82) is 0 Å². The molecule has 28 heavy (non-hydrogen) atoms. The summed E-state index contributed by atoms with van der Waals surface area (Å²) in [4.78, 5) is 12.3. The summed E-state index contributed by atoms with van der Waals surface area (Å²) in [5, 5.41) is 15.3. The Hall–Kier alpha value is -2.89. The number of aromatic carboxylic acids is 1. The minimum absolute atomic E-state index is 0.149. The zero-order valence-electron chi connectivity index (χ0n) is 14.5. The van der Waals surface area contributed by atoms with Crippen molar-refractivity contribution in [2.24, 2.45) is 0 Å². The van der Waals surface area contributed by atoms with Crippen molar-refractivity contribution in [1.82, 2.24) is 9.78 Å². The highest BCUT2D eigenvalue weighted by Gasteiger charge is 2.26. The van der Waals surface area contributed by atoms with E-state index in [1.807, 2.05) is 54.6 Å². The number of carboxylic acids is 1. The van der Waals surface area contributed by atoms with Crippen molar-refractivity contribution in [2.45, 2.75) is 0 Å². The number of nitrogens with zero attached hydrogens (tertiary/aromatic N) is 2. The van der Waals surface area contributed by atoms with Gasteiger partial charge in [0.15, 0.2) is 0 Å². The Morgan fingerprint density at radius 2 is 1.54 bits per heavy atom. The van der Waals surface area contributed by atoms with E-state index in [2.05, 4.69) is 21.0 Å². The van der Waals surface area contributed by atoms with E-state index in [4.69, 9.17) is 11.6 Å². The first-order chi connectivity index (χ1) is 13.5. The lowest BCUT2D eigenvalue weighted by Gasteiger charge is -2.09. The number of hydrogen-bond donors (Lipinski definition) is 1. The van der Waals surface area contributed by atoms with Gasteiger partial charge in [-0.25, -0.2) is 9.48 Å². The summed E-state index contributed by atoms with van der Waals surface area (Å²) in [5.41, 5.74) is 3.30. The van der Waals surface area contributed by atoms with E-state index in [0.717, 1.165) is 15.7 Å². The average molecular weight is 454 g/mol. The van der Waals surface area contributed by atoms with Crippen molar-refractivity contribution >= 4 is 33.5 Å². The third-order valence-electron chi connectivity index (χ3n) is 4.34. The van der Waals surface area contributed by atoms with Crippen LogP contribution in [0.4, 0.5) is 0 Å². The third kappa shape index (κ3) is 3.46. The van der Waals surface area contributed by atoms with Crippen molar-refractivity contribution in [3.05, 3.63) is 93.9 Å². The van der Waals surface area contributed by atoms with Crippen LogP contribution in [0.3, 0.4) is 0 Å². The number of rotatable bonds is 4. The highest BCUT2D eigenvalue weighted by molar-refractivity contribution is 9.10. The first-order valence-electron chi connectivity index (χ1n) is 8.48. The fourth-order valence-electron chi connectivity index (χ4n) is 3.06. The van der Waals surface area contributed by atoms with E-state index in [1.54, 1.807) is 28.9 Å². The van der Waals surface area contributed by atoms with Gasteiger partial charge < -0.3 is 5.11 Å². The SMILES string of the molecule is O=C(O)c1c(-c2ccc(Cl)cc2)nn(-c2ccc(Br)cc2)c1-c1ccccc1. The van der Waals surface area contributed by atoms with E-state index in [0.29, 0.717) is 22.0 Å². The average Bonchev–Trinajstić information content (AvgIpc) is 3.11.